The molecule has 0 aliphatic carbocycles. The predicted octanol–water partition coefficient (Wildman–Crippen LogP) is 3.48. The third kappa shape index (κ3) is 3.84. The normalized spacial score (nSPS) is 14.9. The standard InChI is InChI=1S/C21H25N3/c1-21(2,16-23-14-18-9-7-17(13-22)8-10-18)24-12-11-19-5-3-4-6-20(19)15-24/h3-10,23H,11-12,14-16H2,1-2H3. The summed E-state index contributed by atoms with van der Waals surface area (Å²) in [5.74, 6) is 0. The van der Waals surface area contributed by atoms with Crippen LogP contribution in [0.5, 0.6) is 0 Å². The maximum atomic E-state index is 8.85. The van der Waals surface area contributed by atoms with Crippen LogP contribution >= 0.6 is 0 Å². The molecule has 0 bridgehead atoms. The smallest absolute Gasteiger partial charge is 0.0991 e. The maximum Gasteiger partial charge on any atom is 0.0991 e. The lowest BCUT2D eigenvalue weighted by molar-refractivity contribution is 0.102. The Hall–Kier alpha value is -2.15. The highest BCUT2D eigenvalue weighted by Crippen LogP contribution is 2.25. The van der Waals surface area contributed by atoms with E-state index in [-0.39, 0.29) is 5.54 Å². The Kier molecular flexibility index (Phi) is 4.99. The molecule has 0 saturated carbocycles. The van der Waals surface area contributed by atoms with Crippen molar-refractivity contribution >= 4 is 0 Å². The highest BCUT2D eigenvalue weighted by Gasteiger charge is 2.29. The molecule has 3 nitrogen and oxygen atoms in total. The van der Waals surface area contributed by atoms with Gasteiger partial charge in [-0.15, -0.1) is 0 Å². The van der Waals surface area contributed by atoms with Crippen LogP contribution < -0.4 is 5.32 Å². The van der Waals surface area contributed by atoms with Gasteiger partial charge in [0.2, 0.25) is 0 Å². The van der Waals surface area contributed by atoms with Gasteiger partial charge in [0.1, 0.15) is 0 Å². The maximum absolute atomic E-state index is 8.85. The molecule has 0 amide bonds. The van der Waals surface area contributed by atoms with E-state index in [0.717, 1.165) is 32.6 Å². The van der Waals surface area contributed by atoms with Gasteiger partial charge in [-0.3, -0.25) is 4.90 Å². The molecule has 1 N–H and O–H groups in total. The molecule has 0 unspecified atom stereocenters. The Bertz CT molecular complexity index is 725. The number of benzene rings is 2. The highest BCUT2D eigenvalue weighted by molar-refractivity contribution is 5.31. The third-order valence-corrected chi connectivity index (χ3v) is 4.96. The second-order valence-corrected chi connectivity index (χ2v) is 7.16. The Morgan fingerprint density at radius 1 is 1.08 bits per heavy atom. The van der Waals surface area contributed by atoms with E-state index in [2.05, 4.69) is 54.4 Å². The summed E-state index contributed by atoms with van der Waals surface area (Å²) in [6.45, 7) is 8.54. The largest absolute Gasteiger partial charge is 0.311 e. The molecule has 124 valence electrons. The zero-order valence-electron chi connectivity index (χ0n) is 14.5. The molecule has 0 spiro atoms. The van der Waals surface area contributed by atoms with Gasteiger partial charge in [-0.05, 0) is 49.1 Å². The lowest BCUT2D eigenvalue weighted by Crippen LogP contribution is -2.52. The first kappa shape index (κ1) is 16.7. The van der Waals surface area contributed by atoms with Crippen LogP contribution in [0.25, 0.3) is 0 Å². The van der Waals surface area contributed by atoms with Crippen LogP contribution in [0.4, 0.5) is 0 Å². The molecule has 24 heavy (non-hydrogen) atoms. The van der Waals surface area contributed by atoms with Crippen LogP contribution in [-0.2, 0) is 19.5 Å². The summed E-state index contributed by atoms with van der Waals surface area (Å²) < 4.78 is 0. The highest BCUT2D eigenvalue weighted by atomic mass is 15.2. The summed E-state index contributed by atoms with van der Waals surface area (Å²) in [6, 6.07) is 18.7. The first-order valence-corrected chi connectivity index (χ1v) is 8.60. The van der Waals surface area contributed by atoms with Crippen LogP contribution in [0.1, 0.15) is 36.1 Å². The third-order valence-electron chi connectivity index (χ3n) is 4.96. The van der Waals surface area contributed by atoms with Gasteiger partial charge in [-0.25, -0.2) is 0 Å². The fraction of sp³-hybridized carbons (Fsp3) is 0.381. The van der Waals surface area contributed by atoms with E-state index < -0.39 is 0 Å². The second-order valence-electron chi connectivity index (χ2n) is 7.16. The summed E-state index contributed by atoms with van der Waals surface area (Å²) in [4.78, 5) is 2.57. The lowest BCUT2D eigenvalue weighted by atomic mass is 9.94. The van der Waals surface area contributed by atoms with Gasteiger partial charge in [0, 0.05) is 31.7 Å². The van der Waals surface area contributed by atoms with Gasteiger partial charge in [0.15, 0.2) is 0 Å². The van der Waals surface area contributed by atoms with Gasteiger partial charge in [-0.2, -0.15) is 5.26 Å². The average Bonchev–Trinajstić information content (AvgIpc) is 2.62. The van der Waals surface area contributed by atoms with E-state index in [1.165, 1.54) is 16.7 Å². The number of hydrogen-bond acceptors (Lipinski definition) is 3. The number of rotatable bonds is 5. The molecule has 0 fully saturated rings. The summed E-state index contributed by atoms with van der Waals surface area (Å²) >= 11 is 0. The molecule has 3 rings (SSSR count). The Labute approximate surface area is 144 Å². The molecule has 1 aliphatic heterocycles. The van der Waals surface area contributed by atoms with E-state index in [1.54, 1.807) is 0 Å². The quantitative estimate of drug-likeness (QED) is 0.917. The molecule has 0 atom stereocenters. The van der Waals surface area contributed by atoms with E-state index in [9.17, 15) is 0 Å². The van der Waals surface area contributed by atoms with Crippen molar-refractivity contribution in [1.29, 1.82) is 5.26 Å². The second kappa shape index (κ2) is 7.17. The van der Waals surface area contributed by atoms with Gasteiger partial charge < -0.3 is 5.32 Å². The first-order chi connectivity index (χ1) is 11.6. The summed E-state index contributed by atoms with van der Waals surface area (Å²) in [5, 5.41) is 12.4. The minimum absolute atomic E-state index is 0.111. The molecule has 1 heterocycles. The number of nitrogens with zero attached hydrogens (tertiary/aromatic N) is 2. The SMILES string of the molecule is CC(C)(CNCc1ccc(C#N)cc1)N1CCc2ccccc2C1. The van der Waals surface area contributed by atoms with Crippen molar-refractivity contribution in [3.05, 3.63) is 70.8 Å². The van der Waals surface area contributed by atoms with Crippen LogP contribution in [0.15, 0.2) is 48.5 Å². The van der Waals surface area contributed by atoms with Crippen LogP contribution in [-0.4, -0.2) is 23.5 Å². The van der Waals surface area contributed by atoms with E-state index in [1.807, 2.05) is 24.3 Å². The van der Waals surface area contributed by atoms with Gasteiger partial charge >= 0.3 is 0 Å². The molecule has 2 aromatic carbocycles. The Balaban J connectivity index is 1.55. The molecule has 2 aromatic rings. The molecular weight excluding hydrogens is 294 g/mol. The molecule has 0 radical (unpaired) electrons. The Morgan fingerprint density at radius 2 is 1.79 bits per heavy atom. The summed E-state index contributed by atoms with van der Waals surface area (Å²) in [7, 11) is 0. The van der Waals surface area contributed by atoms with Gasteiger partial charge in [0.25, 0.3) is 0 Å². The Morgan fingerprint density at radius 3 is 2.50 bits per heavy atom. The average molecular weight is 319 g/mol. The summed E-state index contributed by atoms with van der Waals surface area (Å²) in [6.07, 6.45) is 1.13. The minimum atomic E-state index is 0.111. The van der Waals surface area contributed by atoms with Crippen molar-refractivity contribution in [3.63, 3.8) is 0 Å². The van der Waals surface area contributed by atoms with Crippen molar-refractivity contribution in [2.75, 3.05) is 13.1 Å². The van der Waals surface area contributed by atoms with Crippen LogP contribution in [0.3, 0.4) is 0 Å². The van der Waals surface area contributed by atoms with Gasteiger partial charge in [-0.1, -0.05) is 36.4 Å². The van der Waals surface area contributed by atoms with Crippen molar-refractivity contribution < 1.29 is 0 Å². The predicted molar refractivity (Wildman–Crippen MR) is 97.5 cm³/mol. The van der Waals surface area contributed by atoms with E-state index in [0.29, 0.717) is 5.56 Å². The number of hydrogen-bond donors (Lipinski definition) is 1. The summed E-state index contributed by atoms with van der Waals surface area (Å²) in [5.41, 5.74) is 5.00. The topological polar surface area (TPSA) is 39.1 Å². The first-order valence-electron chi connectivity index (χ1n) is 8.60. The fourth-order valence-corrected chi connectivity index (χ4v) is 3.33. The zero-order chi connectivity index (χ0) is 17.0. The molecule has 0 saturated heterocycles. The molecule has 3 heteroatoms. The van der Waals surface area contributed by atoms with Crippen molar-refractivity contribution in [2.24, 2.45) is 0 Å². The fourth-order valence-electron chi connectivity index (χ4n) is 3.33. The van der Waals surface area contributed by atoms with E-state index >= 15 is 0 Å². The molecule has 0 aromatic heterocycles. The molecular formula is C21H25N3. The molecule has 1 aliphatic rings. The number of nitrogens with one attached hydrogen (secondary N) is 1. The van der Waals surface area contributed by atoms with Crippen molar-refractivity contribution in [3.8, 4) is 6.07 Å². The van der Waals surface area contributed by atoms with Crippen molar-refractivity contribution in [2.45, 2.75) is 38.9 Å². The zero-order valence-corrected chi connectivity index (χ0v) is 14.5. The van der Waals surface area contributed by atoms with Crippen LogP contribution in [0, 0.1) is 11.3 Å². The minimum Gasteiger partial charge on any atom is -0.311 e. The van der Waals surface area contributed by atoms with E-state index in [4.69, 9.17) is 5.26 Å². The number of nitriles is 1. The monoisotopic (exact) mass is 319 g/mol. The lowest BCUT2D eigenvalue weighted by Gasteiger charge is -2.41. The van der Waals surface area contributed by atoms with Crippen LogP contribution in [0.2, 0.25) is 0 Å². The number of fused-ring (bicyclic) bond motifs is 1. The van der Waals surface area contributed by atoms with Gasteiger partial charge in [0.05, 0.1) is 11.6 Å². The van der Waals surface area contributed by atoms with Crippen molar-refractivity contribution in [1.82, 2.24) is 10.2 Å².